The van der Waals surface area contributed by atoms with Crippen LogP contribution >= 0.6 is 12.4 Å². The molecule has 0 radical (unpaired) electrons. The zero-order chi connectivity index (χ0) is 17.6. The van der Waals surface area contributed by atoms with Gasteiger partial charge in [0, 0.05) is 0 Å². The normalized spacial score (nSPS) is 14.3. The van der Waals surface area contributed by atoms with E-state index in [4.69, 9.17) is 15.2 Å². The van der Waals surface area contributed by atoms with E-state index >= 15 is 0 Å². The van der Waals surface area contributed by atoms with Gasteiger partial charge in [-0.2, -0.15) is 0 Å². The van der Waals surface area contributed by atoms with E-state index in [-0.39, 0.29) is 30.5 Å². The molecule has 2 atom stereocenters. The monoisotopic (exact) mass is 358 g/mol. The highest BCUT2D eigenvalue weighted by Gasteiger charge is 2.28. The van der Waals surface area contributed by atoms with Crippen molar-refractivity contribution in [1.29, 1.82) is 0 Å². The van der Waals surface area contributed by atoms with Crippen LogP contribution in [-0.2, 0) is 4.79 Å². The Morgan fingerprint density at radius 1 is 1.29 bits per heavy atom. The fourth-order valence-electron chi connectivity index (χ4n) is 2.38. The van der Waals surface area contributed by atoms with Gasteiger partial charge in [0.25, 0.3) is 0 Å². The van der Waals surface area contributed by atoms with Crippen molar-refractivity contribution in [3.05, 3.63) is 23.8 Å². The molecule has 0 heterocycles. The molecule has 0 fully saturated rings. The van der Waals surface area contributed by atoms with Gasteiger partial charge in [0.05, 0.1) is 24.8 Å². The van der Waals surface area contributed by atoms with Gasteiger partial charge < -0.3 is 20.5 Å². The minimum atomic E-state index is -0.853. The molecule has 5 nitrogen and oxygen atoms in total. The molecule has 0 spiro atoms. The van der Waals surface area contributed by atoms with E-state index in [9.17, 15) is 4.79 Å². The number of hydrogen-bond acceptors (Lipinski definition) is 4. The van der Waals surface area contributed by atoms with E-state index in [1.807, 2.05) is 45.9 Å². The van der Waals surface area contributed by atoms with Gasteiger partial charge in [-0.05, 0) is 51.8 Å². The molecule has 0 aliphatic carbocycles. The second-order valence-electron chi connectivity index (χ2n) is 6.44. The van der Waals surface area contributed by atoms with Crippen molar-refractivity contribution in [2.24, 2.45) is 5.73 Å². The van der Waals surface area contributed by atoms with Gasteiger partial charge in [-0.15, -0.1) is 12.4 Å². The molecule has 3 N–H and O–H groups in total. The summed E-state index contributed by atoms with van der Waals surface area (Å²) in [5, 5.41) is 2.97. The summed E-state index contributed by atoms with van der Waals surface area (Å²) in [7, 11) is 1.60. The lowest BCUT2D eigenvalue weighted by Crippen LogP contribution is -2.52. The van der Waals surface area contributed by atoms with Crippen LogP contribution in [0, 0.1) is 0 Å². The number of hydrogen-bond donors (Lipinski definition) is 2. The molecule has 138 valence electrons. The van der Waals surface area contributed by atoms with Gasteiger partial charge in [0.2, 0.25) is 5.91 Å². The van der Waals surface area contributed by atoms with Crippen LogP contribution in [0.5, 0.6) is 11.5 Å². The van der Waals surface area contributed by atoms with Crippen molar-refractivity contribution < 1.29 is 14.3 Å². The molecule has 1 amide bonds. The van der Waals surface area contributed by atoms with Crippen LogP contribution in [-0.4, -0.2) is 24.7 Å². The van der Waals surface area contributed by atoms with E-state index in [1.54, 1.807) is 14.0 Å². The predicted octanol–water partition coefficient (Wildman–Crippen LogP) is 3.60. The third-order valence-electron chi connectivity index (χ3n) is 3.69. The molecule has 24 heavy (non-hydrogen) atoms. The first-order valence-corrected chi connectivity index (χ1v) is 8.15. The van der Waals surface area contributed by atoms with Gasteiger partial charge >= 0.3 is 0 Å². The Labute approximate surface area is 151 Å². The molecular formula is C18H31ClN2O3. The van der Waals surface area contributed by atoms with Gasteiger partial charge in [0.1, 0.15) is 0 Å². The van der Waals surface area contributed by atoms with Crippen LogP contribution in [0.15, 0.2) is 18.2 Å². The Kier molecular flexibility index (Phi) is 9.15. The molecule has 0 aliphatic rings. The quantitative estimate of drug-likeness (QED) is 0.744. The number of carbonyl (C=O) groups is 1. The lowest BCUT2D eigenvalue weighted by Gasteiger charge is -2.26. The van der Waals surface area contributed by atoms with Gasteiger partial charge in [-0.25, -0.2) is 0 Å². The number of halogens is 1. The molecule has 0 saturated heterocycles. The average molecular weight is 359 g/mol. The minimum Gasteiger partial charge on any atom is -0.493 e. The van der Waals surface area contributed by atoms with E-state index in [0.29, 0.717) is 17.9 Å². The smallest absolute Gasteiger partial charge is 0.240 e. The highest BCUT2D eigenvalue weighted by Crippen LogP contribution is 2.31. The summed E-state index contributed by atoms with van der Waals surface area (Å²) in [6.07, 6.45) is 1.58. The lowest BCUT2D eigenvalue weighted by atomic mass is 9.95. The summed E-state index contributed by atoms with van der Waals surface area (Å²) < 4.78 is 11.1. The molecule has 1 aromatic rings. The summed E-state index contributed by atoms with van der Waals surface area (Å²) in [5.74, 6) is 1.20. The summed E-state index contributed by atoms with van der Waals surface area (Å²) >= 11 is 0. The maximum atomic E-state index is 12.3. The zero-order valence-electron chi connectivity index (χ0n) is 15.5. The fourth-order valence-corrected chi connectivity index (χ4v) is 2.38. The topological polar surface area (TPSA) is 73.6 Å². The van der Waals surface area contributed by atoms with E-state index < -0.39 is 5.54 Å². The van der Waals surface area contributed by atoms with Crippen LogP contribution in [0.4, 0.5) is 0 Å². The number of carbonyl (C=O) groups excluding carboxylic acids is 1. The van der Waals surface area contributed by atoms with E-state index in [2.05, 4.69) is 5.32 Å². The number of ether oxygens (including phenoxy) is 2. The molecule has 0 bridgehead atoms. The lowest BCUT2D eigenvalue weighted by molar-refractivity contribution is -0.126. The Morgan fingerprint density at radius 2 is 1.92 bits per heavy atom. The molecule has 0 aliphatic heterocycles. The Morgan fingerprint density at radius 3 is 2.42 bits per heavy atom. The van der Waals surface area contributed by atoms with Crippen LogP contribution in [0.1, 0.15) is 59.1 Å². The Hall–Kier alpha value is -1.46. The number of amides is 1. The zero-order valence-corrected chi connectivity index (χ0v) is 16.3. The third-order valence-corrected chi connectivity index (χ3v) is 3.69. The minimum absolute atomic E-state index is 0. The van der Waals surface area contributed by atoms with Crippen molar-refractivity contribution in [2.45, 2.75) is 65.1 Å². The summed E-state index contributed by atoms with van der Waals surface area (Å²) in [5.41, 5.74) is 6.17. The van der Waals surface area contributed by atoms with Crippen LogP contribution in [0.2, 0.25) is 0 Å². The molecule has 6 heteroatoms. The van der Waals surface area contributed by atoms with E-state index in [0.717, 1.165) is 12.0 Å². The van der Waals surface area contributed by atoms with Crippen molar-refractivity contribution in [3.63, 3.8) is 0 Å². The maximum Gasteiger partial charge on any atom is 0.240 e. The molecule has 2 unspecified atom stereocenters. The Bertz CT molecular complexity index is 533. The number of methoxy groups -OCH3 is 1. The Balaban J connectivity index is 0.00000529. The first-order chi connectivity index (χ1) is 10.7. The first kappa shape index (κ1) is 22.5. The highest BCUT2D eigenvalue weighted by molar-refractivity contribution is 5.86. The first-order valence-electron chi connectivity index (χ1n) is 8.15. The van der Waals surface area contributed by atoms with Crippen molar-refractivity contribution >= 4 is 18.3 Å². The average Bonchev–Trinajstić information content (AvgIpc) is 2.46. The SMILES string of the molecule is CCCC(C)(N)C(=O)NC(C)c1ccc(OC(C)C)c(OC)c1.Cl. The fraction of sp³-hybridized carbons (Fsp3) is 0.611. The highest BCUT2D eigenvalue weighted by atomic mass is 35.5. The van der Waals surface area contributed by atoms with Gasteiger partial charge in [-0.3, -0.25) is 4.79 Å². The van der Waals surface area contributed by atoms with Gasteiger partial charge in [0.15, 0.2) is 11.5 Å². The van der Waals surface area contributed by atoms with Crippen molar-refractivity contribution in [2.75, 3.05) is 7.11 Å². The number of rotatable bonds is 8. The summed E-state index contributed by atoms with van der Waals surface area (Å²) in [6.45, 7) is 9.63. The van der Waals surface area contributed by atoms with Crippen LogP contribution < -0.4 is 20.5 Å². The second kappa shape index (κ2) is 9.74. The van der Waals surface area contributed by atoms with Crippen LogP contribution in [0.25, 0.3) is 0 Å². The molecule has 1 rings (SSSR count). The van der Waals surface area contributed by atoms with Gasteiger partial charge in [-0.1, -0.05) is 19.4 Å². The number of nitrogens with one attached hydrogen (secondary N) is 1. The van der Waals surface area contributed by atoms with Crippen molar-refractivity contribution in [1.82, 2.24) is 5.32 Å². The third kappa shape index (κ3) is 6.21. The predicted molar refractivity (Wildman–Crippen MR) is 100 cm³/mol. The van der Waals surface area contributed by atoms with Crippen LogP contribution in [0.3, 0.4) is 0 Å². The van der Waals surface area contributed by atoms with E-state index in [1.165, 1.54) is 0 Å². The summed E-state index contributed by atoms with van der Waals surface area (Å²) in [4.78, 5) is 12.3. The molecule has 1 aromatic carbocycles. The largest absolute Gasteiger partial charge is 0.493 e. The number of nitrogens with two attached hydrogens (primary N) is 1. The summed E-state index contributed by atoms with van der Waals surface area (Å²) in [6, 6.07) is 5.52. The molecular weight excluding hydrogens is 328 g/mol. The number of benzene rings is 1. The van der Waals surface area contributed by atoms with Crippen molar-refractivity contribution in [3.8, 4) is 11.5 Å². The standard InChI is InChI=1S/C18H30N2O3.ClH/c1-7-10-18(5,19)17(21)20-13(4)14-8-9-15(23-12(2)3)16(11-14)22-6;/h8-9,11-13H,7,10,19H2,1-6H3,(H,20,21);1H. The molecule has 0 aromatic heterocycles. The second-order valence-corrected chi connectivity index (χ2v) is 6.44. The molecule has 0 saturated carbocycles. The maximum absolute atomic E-state index is 12.3.